The lowest BCUT2D eigenvalue weighted by molar-refractivity contribution is 0.0244. The van der Waals surface area contributed by atoms with Gasteiger partial charge < -0.3 is 20.1 Å². The van der Waals surface area contributed by atoms with Gasteiger partial charge in [0.25, 0.3) is 0 Å². The largest absolute Gasteiger partial charge is 0.504 e. The number of halogens is 1. The molecule has 3 aromatic rings. The Morgan fingerprint density at radius 1 is 0.808 bits per heavy atom. The summed E-state index contributed by atoms with van der Waals surface area (Å²) in [6.07, 6.45) is 0. The van der Waals surface area contributed by atoms with Gasteiger partial charge in [-0.2, -0.15) is 0 Å². The Hall–Kier alpha value is -3.54. The number of cyclic esters (lactones) is 1. The SMILES string of the molecule is O=C1OC(c2ccc(F)cc2)(c2ccc(O)c(O)c2O)c2ccccc21. The Balaban J connectivity index is 2.10. The summed E-state index contributed by atoms with van der Waals surface area (Å²) in [6, 6.07) is 14.5. The molecule has 1 aliphatic rings. The van der Waals surface area contributed by atoms with E-state index in [-0.39, 0.29) is 5.56 Å². The molecule has 4 rings (SSSR count). The fourth-order valence-electron chi connectivity index (χ4n) is 3.32. The zero-order chi connectivity index (χ0) is 18.5. The van der Waals surface area contributed by atoms with Crippen LogP contribution >= 0.6 is 0 Å². The third kappa shape index (κ3) is 2.05. The van der Waals surface area contributed by atoms with E-state index < -0.39 is 34.6 Å². The number of benzene rings is 3. The number of hydrogen-bond donors (Lipinski definition) is 3. The van der Waals surface area contributed by atoms with E-state index in [9.17, 15) is 24.5 Å². The Morgan fingerprint density at radius 2 is 1.50 bits per heavy atom. The number of aromatic hydroxyl groups is 3. The van der Waals surface area contributed by atoms with Crippen molar-refractivity contribution in [2.24, 2.45) is 0 Å². The summed E-state index contributed by atoms with van der Waals surface area (Å²) in [5.74, 6) is -2.96. The molecule has 5 nitrogen and oxygen atoms in total. The maximum Gasteiger partial charge on any atom is 0.340 e. The van der Waals surface area contributed by atoms with E-state index in [2.05, 4.69) is 0 Å². The summed E-state index contributed by atoms with van der Waals surface area (Å²) in [6.45, 7) is 0. The minimum atomic E-state index is -1.59. The molecule has 0 saturated carbocycles. The average Bonchev–Trinajstić information content (AvgIpc) is 2.94. The van der Waals surface area contributed by atoms with Crippen molar-refractivity contribution in [3.05, 3.63) is 88.7 Å². The molecule has 1 heterocycles. The van der Waals surface area contributed by atoms with Gasteiger partial charge in [0.2, 0.25) is 5.75 Å². The first-order valence-electron chi connectivity index (χ1n) is 7.78. The van der Waals surface area contributed by atoms with Gasteiger partial charge in [0.05, 0.1) is 11.1 Å². The molecule has 26 heavy (non-hydrogen) atoms. The summed E-state index contributed by atoms with van der Waals surface area (Å²) in [5, 5.41) is 30.1. The highest BCUT2D eigenvalue weighted by Gasteiger charge is 2.50. The van der Waals surface area contributed by atoms with Crippen molar-refractivity contribution < 1.29 is 29.2 Å². The fourth-order valence-corrected chi connectivity index (χ4v) is 3.32. The molecular formula is C20H13FO5. The lowest BCUT2D eigenvalue weighted by Crippen LogP contribution is -2.29. The van der Waals surface area contributed by atoms with Crippen LogP contribution in [0.4, 0.5) is 4.39 Å². The third-order valence-corrected chi connectivity index (χ3v) is 4.53. The van der Waals surface area contributed by atoms with Crippen molar-refractivity contribution in [2.75, 3.05) is 0 Å². The predicted molar refractivity (Wildman–Crippen MR) is 89.6 cm³/mol. The van der Waals surface area contributed by atoms with Crippen molar-refractivity contribution in [3.8, 4) is 17.2 Å². The number of carbonyl (C=O) groups excluding carboxylic acids is 1. The molecule has 0 bridgehead atoms. The lowest BCUT2D eigenvalue weighted by atomic mass is 9.79. The van der Waals surface area contributed by atoms with Crippen LogP contribution in [0.5, 0.6) is 17.2 Å². The lowest BCUT2D eigenvalue weighted by Gasteiger charge is -2.31. The van der Waals surface area contributed by atoms with E-state index in [1.807, 2.05) is 0 Å². The average molecular weight is 352 g/mol. The monoisotopic (exact) mass is 352 g/mol. The molecule has 0 fully saturated rings. The van der Waals surface area contributed by atoms with Gasteiger partial charge in [-0.15, -0.1) is 0 Å². The van der Waals surface area contributed by atoms with Crippen LogP contribution in [-0.2, 0) is 10.3 Å². The number of ether oxygens (including phenoxy) is 1. The molecule has 3 aromatic carbocycles. The third-order valence-electron chi connectivity index (χ3n) is 4.53. The van der Waals surface area contributed by atoms with E-state index in [4.69, 9.17) is 4.74 Å². The van der Waals surface area contributed by atoms with E-state index in [1.165, 1.54) is 36.4 Å². The predicted octanol–water partition coefficient (Wildman–Crippen LogP) is 3.40. The van der Waals surface area contributed by atoms with Gasteiger partial charge in [-0.3, -0.25) is 0 Å². The number of fused-ring (bicyclic) bond motifs is 1. The first-order valence-corrected chi connectivity index (χ1v) is 7.78. The summed E-state index contributed by atoms with van der Waals surface area (Å²) >= 11 is 0. The highest BCUT2D eigenvalue weighted by molar-refractivity contribution is 5.96. The number of rotatable bonds is 2. The molecule has 1 atom stereocenters. The molecule has 1 aliphatic heterocycles. The maximum atomic E-state index is 13.4. The van der Waals surface area contributed by atoms with E-state index >= 15 is 0 Å². The second kappa shape index (κ2) is 5.49. The van der Waals surface area contributed by atoms with E-state index in [1.54, 1.807) is 24.3 Å². The second-order valence-electron chi connectivity index (χ2n) is 5.95. The van der Waals surface area contributed by atoms with Crippen LogP contribution in [0.25, 0.3) is 0 Å². The second-order valence-corrected chi connectivity index (χ2v) is 5.95. The molecule has 0 aromatic heterocycles. The number of esters is 1. The molecule has 6 heteroatoms. The van der Waals surface area contributed by atoms with Crippen molar-refractivity contribution in [2.45, 2.75) is 5.60 Å². The number of hydrogen-bond acceptors (Lipinski definition) is 5. The molecule has 0 amide bonds. The first-order chi connectivity index (χ1) is 12.4. The number of phenols is 3. The Kier molecular flexibility index (Phi) is 3.37. The number of phenolic OH excluding ortho intramolecular Hbond substituents is 3. The van der Waals surface area contributed by atoms with Gasteiger partial charge in [-0.1, -0.05) is 30.3 Å². The zero-order valence-electron chi connectivity index (χ0n) is 13.3. The van der Waals surface area contributed by atoms with Gasteiger partial charge >= 0.3 is 5.97 Å². The Morgan fingerprint density at radius 3 is 2.23 bits per heavy atom. The van der Waals surface area contributed by atoms with Gasteiger partial charge in [0.15, 0.2) is 17.1 Å². The van der Waals surface area contributed by atoms with Gasteiger partial charge in [0, 0.05) is 11.1 Å². The van der Waals surface area contributed by atoms with Crippen LogP contribution in [0.3, 0.4) is 0 Å². The smallest absolute Gasteiger partial charge is 0.340 e. The molecule has 3 N–H and O–H groups in total. The van der Waals surface area contributed by atoms with Crippen molar-refractivity contribution >= 4 is 5.97 Å². The van der Waals surface area contributed by atoms with Gasteiger partial charge in [-0.05, 0) is 30.3 Å². The van der Waals surface area contributed by atoms with Crippen LogP contribution in [0.1, 0.15) is 27.0 Å². The normalized spacial score (nSPS) is 18.4. The van der Waals surface area contributed by atoms with Crippen LogP contribution in [0, 0.1) is 5.82 Å². The topological polar surface area (TPSA) is 87.0 Å². The maximum absolute atomic E-state index is 13.4. The molecule has 130 valence electrons. The van der Waals surface area contributed by atoms with Crippen molar-refractivity contribution in [1.82, 2.24) is 0 Å². The molecule has 0 saturated heterocycles. The summed E-state index contributed by atoms with van der Waals surface area (Å²) in [4.78, 5) is 12.5. The minimum absolute atomic E-state index is 0.0534. The van der Waals surface area contributed by atoms with Crippen LogP contribution < -0.4 is 0 Å². The van der Waals surface area contributed by atoms with Gasteiger partial charge in [0.1, 0.15) is 5.82 Å². The first kappa shape index (κ1) is 16.0. The fraction of sp³-hybridized carbons (Fsp3) is 0.0500. The molecule has 0 spiro atoms. The zero-order valence-corrected chi connectivity index (χ0v) is 13.3. The highest BCUT2D eigenvalue weighted by Crippen LogP contribution is 2.52. The molecule has 1 unspecified atom stereocenters. The highest BCUT2D eigenvalue weighted by atomic mass is 19.1. The summed E-state index contributed by atoms with van der Waals surface area (Å²) < 4.78 is 19.1. The van der Waals surface area contributed by atoms with E-state index in [0.29, 0.717) is 16.7 Å². The van der Waals surface area contributed by atoms with Crippen molar-refractivity contribution in [1.29, 1.82) is 0 Å². The quantitative estimate of drug-likeness (QED) is 0.486. The number of carbonyl (C=O) groups is 1. The molecule has 0 aliphatic carbocycles. The molecular weight excluding hydrogens is 339 g/mol. The van der Waals surface area contributed by atoms with Gasteiger partial charge in [-0.25, -0.2) is 9.18 Å². The Bertz CT molecular complexity index is 1030. The molecule has 0 radical (unpaired) electrons. The van der Waals surface area contributed by atoms with Crippen LogP contribution in [-0.4, -0.2) is 21.3 Å². The van der Waals surface area contributed by atoms with Crippen LogP contribution in [0.15, 0.2) is 60.7 Å². The minimum Gasteiger partial charge on any atom is -0.504 e. The summed E-state index contributed by atoms with van der Waals surface area (Å²) in [5.41, 5.74) is -0.410. The standard InChI is InChI=1S/C20H13FO5/c21-12-7-5-11(6-8-12)20(15-9-10-16(22)18(24)17(15)23)14-4-2-1-3-13(14)19(25)26-20/h1-10,22-24H. The Labute approximate surface area is 147 Å². The summed E-state index contributed by atoms with van der Waals surface area (Å²) in [7, 11) is 0. The van der Waals surface area contributed by atoms with Crippen molar-refractivity contribution in [3.63, 3.8) is 0 Å². The van der Waals surface area contributed by atoms with E-state index in [0.717, 1.165) is 0 Å². The van der Waals surface area contributed by atoms with Crippen LogP contribution in [0.2, 0.25) is 0 Å².